The van der Waals surface area contributed by atoms with Crippen LogP contribution in [0.4, 0.5) is 22.0 Å². The summed E-state index contributed by atoms with van der Waals surface area (Å²) >= 11 is 12.2. The zero-order chi connectivity index (χ0) is 24.5. The number of nitrogens with zero attached hydrogens (tertiary/aromatic N) is 4. The van der Waals surface area contributed by atoms with Crippen LogP contribution in [0.1, 0.15) is 44.6 Å². The summed E-state index contributed by atoms with van der Waals surface area (Å²) in [7, 11) is 0. The molecular weight excluding hydrogens is 496 g/mol. The minimum Gasteiger partial charge on any atom is -0.381 e. The average Bonchev–Trinajstić information content (AvgIpc) is 3.19. The Kier molecular flexibility index (Phi) is 6.95. The van der Waals surface area contributed by atoms with E-state index in [0.717, 1.165) is 12.8 Å². The van der Waals surface area contributed by atoms with E-state index in [0.29, 0.717) is 62.0 Å². The second-order valence-corrected chi connectivity index (χ2v) is 9.86. The summed E-state index contributed by atoms with van der Waals surface area (Å²) in [5.41, 5.74) is 6.79. The van der Waals surface area contributed by atoms with Crippen molar-refractivity contribution in [3.63, 3.8) is 0 Å². The van der Waals surface area contributed by atoms with Crippen LogP contribution in [0.15, 0.2) is 18.3 Å². The van der Waals surface area contributed by atoms with E-state index in [1.54, 1.807) is 6.20 Å². The van der Waals surface area contributed by atoms with Gasteiger partial charge in [-0.3, -0.25) is 9.36 Å². The van der Waals surface area contributed by atoms with Crippen LogP contribution >= 0.6 is 23.2 Å². The number of imidazole rings is 1. The molecule has 1 saturated carbocycles. The number of hydrogen-bond acceptors (Lipinski definition) is 7. The Hall–Kier alpha value is -2.69. The fraction of sp³-hybridized carbons (Fsp3) is 0.478. The van der Waals surface area contributed by atoms with Crippen molar-refractivity contribution in [1.82, 2.24) is 19.5 Å². The molecule has 3 aromatic rings. The predicted molar refractivity (Wildman–Crippen MR) is 133 cm³/mol. The van der Waals surface area contributed by atoms with E-state index in [9.17, 15) is 9.18 Å². The lowest BCUT2D eigenvalue weighted by atomic mass is 9.85. The number of halogens is 3. The van der Waals surface area contributed by atoms with Gasteiger partial charge in [0.25, 0.3) is 0 Å². The summed E-state index contributed by atoms with van der Waals surface area (Å²) in [5, 5.41) is 6.77. The number of benzene rings is 1. The lowest BCUT2D eigenvalue weighted by Crippen LogP contribution is -2.29. The highest BCUT2D eigenvalue weighted by Gasteiger charge is 2.29. The molecule has 0 atom stereocenters. The van der Waals surface area contributed by atoms with Crippen molar-refractivity contribution in [2.75, 3.05) is 23.8 Å². The number of carbonyl (C=O) groups is 1. The van der Waals surface area contributed by atoms with E-state index >= 15 is 0 Å². The number of ether oxygens (including phenoxy) is 1. The molecule has 1 aliphatic carbocycles. The Labute approximate surface area is 211 Å². The van der Waals surface area contributed by atoms with Crippen molar-refractivity contribution in [2.24, 2.45) is 11.7 Å². The third-order valence-electron chi connectivity index (χ3n) is 6.70. The maximum Gasteiger partial charge on any atom is 0.224 e. The SMILES string of the molecule is NC(=O)C1CCC(n2c(Nc3c(F)cc(Cl)cc3Cl)nc3cnc(NC4CCOCC4)nc32)CC1. The van der Waals surface area contributed by atoms with Gasteiger partial charge in [0.15, 0.2) is 5.65 Å². The molecule has 0 unspecified atom stereocenters. The van der Waals surface area contributed by atoms with Crippen molar-refractivity contribution in [2.45, 2.75) is 50.6 Å². The number of rotatable bonds is 6. The molecule has 9 nitrogen and oxygen atoms in total. The first-order valence-electron chi connectivity index (χ1n) is 11.7. The molecule has 35 heavy (non-hydrogen) atoms. The zero-order valence-corrected chi connectivity index (χ0v) is 20.4. The number of nitrogens with one attached hydrogen (secondary N) is 2. The Bertz CT molecular complexity index is 1220. The smallest absolute Gasteiger partial charge is 0.224 e. The summed E-state index contributed by atoms with van der Waals surface area (Å²) in [4.78, 5) is 25.6. The standard InChI is InChI=1S/C23H26Cl2FN7O2/c24-13-9-16(25)19(17(26)10-13)31-23-30-18-11-28-22(29-14-5-7-35-8-6-14)32-21(18)33(23)15-3-1-12(2-4-15)20(27)34/h9-12,14-15H,1-8H2,(H2,27,34)(H,30,31)(H,28,29,32). The van der Waals surface area contributed by atoms with Crippen LogP contribution < -0.4 is 16.4 Å². The van der Waals surface area contributed by atoms with Gasteiger partial charge in [-0.2, -0.15) is 4.98 Å². The molecule has 2 aliphatic rings. The maximum absolute atomic E-state index is 14.7. The fourth-order valence-corrected chi connectivity index (χ4v) is 5.33. The minimum atomic E-state index is -0.591. The molecule has 4 N–H and O–H groups in total. The van der Waals surface area contributed by atoms with Crippen LogP contribution in [-0.2, 0) is 9.53 Å². The Morgan fingerprint density at radius 3 is 2.54 bits per heavy atom. The molecule has 2 aromatic heterocycles. The molecule has 0 spiro atoms. The Morgan fingerprint density at radius 1 is 1.11 bits per heavy atom. The molecule has 0 radical (unpaired) electrons. The highest BCUT2D eigenvalue weighted by Crippen LogP contribution is 2.38. The van der Waals surface area contributed by atoms with Gasteiger partial charge in [-0.15, -0.1) is 0 Å². The van der Waals surface area contributed by atoms with Crippen molar-refractivity contribution in [3.05, 3.63) is 34.2 Å². The molecular formula is C23H26Cl2FN7O2. The van der Waals surface area contributed by atoms with Gasteiger partial charge in [-0.1, -0.05) is 23.2 Å². The van der Waals surface area contributed by atoms with E-state index in [1.807, 2.05) is 4.57 Å². The lowest BCUT2D eigenvalue weighted by Gasteiger charge is -2.29. The van der Waals surface area contributed by atoms with Crippen LogP contribution in [0.5, 0.6) is 0 Å². The number of nitrogens with two attached hydrogens (primary N) is 1. The summed E-state index contributed by atoms with van der Waals surface area (Å²) in [6, 6.07) is 2.87. The molecule has 12 heteroatoms. The topological polar surface area (TPSA) is 120 Å². The van der Waals surface area contributed by atoms with Gasteiger partial charge in [0.2, 0.25) is 17.8 Å². The number of fused-ring (bicyclic) bond motifs is 1. The number of hydrogen-bond donors (Lipinski definition) is 3. The highest BCUT2D eigenvalue weighted by molar-refractivity contribution is 6.36. The van der Waals surface area contributed by atoms with E-state index in [4.69, 9.17) is 38.7 Å². The van der Waals surface area contributed by atoms with Crippen LogP contribution in [-0.4, -0.2) is 44.7 Å². The van der Waals surface area contributed by atoms with E-state index in [2.05, 4.69) is 20.6 Å². The number of primary amides is 1. The van der Waals surface area contributed by atoms with Gasteiger partial charge < -0.3 is 21.1 Å². The highest BCUT2D eigenvalue weighted by atomic mass is 35.5. The molecule has 1 saturated heterocycles. The van der Waals surface area contributed by atoms with Gasteiger partial charge in [0.1, 0.15) is 11.3 Å². The second kappa shape index (κ2) is 10.1. The number of amides is 1. The minimum absolute atomic E-state index is 0.0157. The van der Waals surface area contributed by atoms with Crippen LogP contribution in [0, 0.1) is 11.7 Å². The third-order valence-corrected chi connectivity index (χ3v) is 7.21. The quantitative estimate of drug-likeness (QED) is 0.425. The van der Waals surface area contributed by atoms with Crippen molar-refractivity contribution in [3.8, 4) is 0 Å². The number of aromatic nitrogens is 4. The first-order chi connectivity index (χ1) is 16.9. The van der Waals surface area contributed by atoms with Gasteiger partial charge in [0.05, 0.1) is 16.9 Å². The van der Waals surface area contributed by atoms with E-state index in [1.165, 1.54) is 12.1 Å². The van der Waals surface area contributed by atoms with Crippen LogP contribution in [0.25, 0.3) is 11.2 Å². The largest absolute Gasteiger partial charge is 0.381 e. The molecule has 0 bridgehead atoms. The van der Waals surface area contributed by atoms with Gasteiger partial charge in [-0.05, 0) is 50.7 Å². The number of carbonyl (C=O) groups excluding carboxylic acids is 1. The average molecular weight is 522 g/mol. The Balaban J connectivity index is 1.52. The molecule has 186 valence electrons. The molecule has 1 amide bonds. The summed E-state index contributed by atoms with van der Waals surface area (Å²) in [6.07, 6.45) is 6.13. The Morgan fingerprint density at radius 2 is 1.86 bits per heavy atom. The zero-order valence-electron chi connectivity index (χ0n) is 18.9. The van der Waals surface area contributed by atoms with Crippen LogP contribution in [0.3, 0.4) is 0 Å². The molecule has 2 fully saturated rings. The molecule has 3 heterocycles. The first-order valence-corrected chi connectivity index (χ1v) is 12.4. The third kappa shape index (κ3) is 5.14. The lowest BCUT2D eigenvalue weighted by molar-refractivity contribution is -0.122. The summed E-state index contributed by atoms with van der Waals surface area (Å²) < 4.78 is 22.1. The van der Waals surface area contributed by atoms with Crippen LogP contribution in [0.2, 0.25) is 10.0 Å². The monoisotopic (exact) mass is 521 g/mol. The summed E-state index contributed by atoms with van der Waals surface area (Å²) in [5.74, 6) is -0.133. The van der Waals surface area contributed by atoms with Gasteiger partial charge in [0, 0.05) is 36.2 Å². The van der Waals surface area contributed by atoms with E-state index < -0.39 is 5.82 Å². The predicted octanol–water partition coefficient (Wildman–Crippen LogP) is 4.82. The van der Waals surface area contributed by atoms with Gasteiger partial charge in [-0.25, -0.2) is 14.4 Å². The molecule has 1 aromatic carbocycles. The molecule has 5 rings (SSSR count). The van der Waals surface area contributed by atoms with E-state index in [-0.39, 0.29) is 39.6 Å². The van der Waals surface area contributed by atoms with Crippen molar-refractivity contribution in [1.29, 1.82) is 0 Å². The second-order valence-electron chi connectivity index (χ2n) is 9.02. The fourth-order valence-electron chi connectivity index (χ4n) is 4.81. The summed E-state index contributed by atoms with van der Waals surface area (Å²) in [6.45, 7) is 1.39. The number of anilines is 3. The maximum atomic E-state index is 14.7. The van der Waals surface area contributed by atoms with Crippen molar-refractivity contribution < 1.29 is 13.9 Å². The normalized spacial score (nSPS) is 21.2. The van der Waals surface area contributed by atoms with Gasteiger partial charge >= 0.3 is 0 Å². The first kappa shape index (κ1) is 24.0. The molecule has 1 aliphatic heterocycles. The van der Waals surface area contributed by atoms with Crippen molar-refractivity contribution >= 4 is 57.9 Å².